The Morgan fingerprint density at radius 3 is 2.17 bits per heavy atom. The Labute approximate surface area is 172 Å². The monoisotopic (exact) mass is 400 g/mol. The molecule has 0 aliphatic carbocycles. The summed E-state index contributed by atoms with van der Waals surface area (Å²) in [6.45, 7) is 4.52. The number of rotatable bonds is 8. The molecule has 0 bridgehead atoms. The number of nitrogens with one attached hydrogen (secondary N) is 1. The van der Waals surface area contributed by atoms with Crippen molar-refractivity contribution in [1.82, 2.24) is 9.88 Å². The van der Waals surface area contributed by atoms with Crippen LogP contribution in [0.3, 0.4) is 0 Å². The van der Waals surface area contributed by atoms with Crippen LogP contribution in [0.4, 0.5) is 0 Å². The molecule has 2 heterocycles. The molecule has 0 unspecified atom stereocenters. The summed E-state index contributed by atoms with van der Waals surface area (Å²) in [6, 6.07) is 7.93. The molecule has 0 saturated carbocycles. The molecule has 1 saturated heterocycles. The van der Waals surface area contributed by atoms with Gasteiger partial charge in [0.1, 0.15) is 6.54 Å². The first-order valence-electron chi connectivity index (χ1n) is 9.93. The number of aromatic nitrogens is 1. The fraction of sp³-hybridized carbons (Fsp3) is 0.455. The van der Waals surface area contributed by atoms with E-state index in [2.05, 4.69) is 17.1 Å². The Hall–Kier alpha value is -2.80. The Morgan fingerprint density at radius 2 is 1.62 bits per heavy atom. The summed E-state index contributed by atoms with van der Waals surface area (Å²) < 4.78 is 16.1. The van der Waals surface area contributed by atoms with E-state index in [1.165, 1.54) is 10.5 Å². The summed E-state index contributed by atoms with van der Waals surface area (Å²) in [6.07, 6.45) is 4.77. The molecular weight excluding hydrogens is 370 g/mol. The van der Waals surface area contributed by atoms with Crippen molar-refractivity contribution in [1.29, 1.82) is 0 Å². The van der Waals surface area contributed by atoms with Gasteiger partial charge in [-0.2, -0.15) is 0 Å². The van der Waals surface area contributed by atoms with E-state index < -0.39 is 0 Å². The average molecular weight is 400 g/mol. The molecule has 156 valence electrons. The number of hydrogen-bond donors (Lipinski definition) is 1. The van der Waals surface area contributed by atoms with Gasteiger partial charge in [-0.15, -0.1) is 0 Å². The van der Waals surface area contributed by atoms with Crippen LogP contribution in [0.2, 0.25) is 0 Å². The van der Waals surface area contributed by atoms with E-state index in [9.17, 15) is 4.79 Å². The fourth-order valence-corrected chi connectivity index (χ4v) is 3.73. The maximum absolute atomic E-state index is 12.7. The highest BCUT2D eigenvalue weighted by atomic mass is 16.5. The lowest BCUT2D eigenvalue weighted by Gasteiger charge is -2.32. The molecule has 3 rings (SSSR count). The zero-order valence-electron chi connectivity index (χ0n) is 17.4. The lowest BCUT2D eigenvalue weighted by Crippen LogP contribution is -3.13. The Kier molecular flexibility index (Phi) is 7.30. The molecule has 1 fully saturated rings. The third-order valence-electron chi connectivity index (χ3n) is 5.38. The van der Waals surface area contributed by atoms with Crippen LogP contribution in [-0.2, 0) is 17.8 Å². The highest BCUT2D eigenvalue weighted by molar-refractivity contribution is 5.76. The molecule has 1 aromatic carbocycles. The summed E-state index contributed by atoms with van der Waals surface area (Å²) in [7, 11) is 4.78. The van der Waals surface area contributed by atoms with Crippen LogP contribution in [-0.4, -0.2) is 63.3 Å². The number of hydrogen-bond acceptors (Lipinski definition) is 5. The molecule has 0 atom stereocenters. The van der Waals surface area contributed by atoms with Gasteiger partial charge < -0.3 is 24.0 Å². The van der Waals surface area contributed by atoms with Crippen molar-refractivity contribution < 1.29 is 23.9 Å². The minimum Gasteiger partial charge on any atom is -0.493 e. The lowest BCUT2D eigenvalue weighted by atomic mass is 10.1. The summed E-state index contributed by atoms with van der Waals surface area (Å²) in [5, 5.41) is 0. The van der Waals surface area contributed by atoms with Gasteiger partial charge in [0.05, 0.1) is 47.5 Å². The smallest absolute Gasteiger partial charge is 0.223 e. The number of piperazine rings is 1. The normalized spacial score (nSPS) is 14.5. The zero-order chi connectivity index (χ0) is 20.6. The Morgan fingerprint density at radius 1 is 1.00 bits per heavy atom. The van der Waals surface area contributed by atoms with E-state index in [0.29, 0.717) is 30.1 Å². The maximum Gasteiger partial charge on any atom is 0.223 e. The maximum atomic E-state index is 12.7. The Bertz CT molecular complexity index is 780. The van der Waals surface area contributed by atoms with Gasteiger partial charge in [-0.05, 0) is 36.2 Å². The molecule has 1 aromatic heterocycles. The number of carbonyl (C=O) groups excluding carboxylic acids is 1. The molecule has 1 amide bonds. The highest BCUT2D eigenvalue weighted by Crippen LogP contribution is 2.38. The van der Waals surface area contributed by atoms with Crippen LogP contribution < -0.4 is 19.1 Å². The predicted molar refractivity (Wildman–Crippen MR) is 110 cm³/mol. The van der Waals surface area contributed by atoms with E-state index in [1.807, 2.05) is 29.4 Å². The molecule has 1 N–H and O–H groups in total. The van der Waals surface area contributed by atoms with E-state index in [1.54, 1.807) is 21.3 Å². The topological polar surface area (TPSA) is 65.3 Å². The van der Waals surface area contributed by atoms with Gasteiger partial charge in [0, 0.05) is 24.4 Å². The van der Waals surface area contributed by atoms with Gasteiger partial charge in [-0.1, -0.05) is 0 Å². The van der Waals surface area contributed by atoms with Crippen LogP contribution in [0.25, 0.3) is 0 Å². The molecule has 7 heteroatoms. The third-order valence-corrected chi connectivity index (χ3v) is 5.38. The fourth-order valence-electron chi connectivity index (χ4n) is 3.73. The number of nitrogens with zero attached hydrogens (tertiary/aromatic N) is 2. The van der Waals surface area contributed by atoms with E-state index >= 15 is 0 Å². The summed E-state index contributed by atoms with van der Waals surface area (Å²) >= 11 is 0. The zero-order valence-corrected chi connectivity index (χ0v) is 17.4. The van der Waals surface area contributed by atoms with Crippen molar-refractivity contribution in [2.24, 2.45) is 0 Å². The number of amides is 1. The third kappa shape index (κ3) is 5.38. The van der Waals surface area contributed by atoms with Crippen molar-refractivity contribution in [2.45, 2.75) is 19.4 Å². The largest absolute Gasteiger partial charge is 0.493 e. The molecule has 0 spiro atoms. The number of quaternary nitrogens is 1. The molecule has 1 aliphatic heterocycles. The second-order valence-corrected chi connectivity index (χ2v) is 7.20. The Balaban J connectivity index is 1.51. The second kappa shape index (κ2) is 10.1. The number of benzene rings is 1. The number of pyridine rings is 1. The average Bonchev–Trinajstić information content (AvgIpc) is 2.77. The van der Waals surface area contributed by atoms with Crippen molar-refractivity contribution in [3.8, 4) is 17.2 Å². The van der Waals surface area contributed by atoms with Crippen molar-refractivity contribution in [3.63, 3.8) is 0 Å². The molecular formula is C22H30N3O4+. The van der Waals surface area contributed by atoms with Gasteiger partial charge >= 0.3 is 0 Å². The van der Waals surface area contributed by atoms with Gasteiger partial charge in [-0.3, -0.25) is 9.78 Å². The highest BCUT2D eigenvalue weighted by Gasteiger charge is 2.24. The van der Waals surface area contributed by atoms with Gasteiger partial charge in [0.25, 0.3) is 0 Å². The van der Waals surface area contributed by atoms with Gasteiger partial charge in [0.15, 0.2) is 11.5 Å². The lowest BCUT2D eigenvalue weighted by molar-refractivity contribution is -0.917. The van der Waals surface area contributed by atoms with Gasteiger partial charge in [-0.25, -0.2) is 0 Å². The number of carbonyl (C=O) groups is 1. The quantitative estimate of drug-likeness (QED) is 0.715. The van der Waals surface area contributed by atoms with Crippen molar-refractivity contribution in [2.75, 3.05) is 47.5 Å². The first-order valence-corrected chi connectivity index (χ1v) is 9.93. The van der Waals surface area contributed by atoms with Crippen molar-refractivity contribution >= 4 is 5.91 Å². The number of aryl methyl sites for hydroxylation is 1. The first kappa shape index (κ1) is 20.9. The van der Waals surface area contributed by atoms with Crippen molar-refractivity contribution in [3.05, 3.63) is 47.8 Å². The molecule has 7 nitrogen and oxygen atoms in total. The molecule has 29 heavy (non-hydrogen) atoms. The number of methoxy groups -OCH3 is 3. The van der Waals surface area contributed by atoms with Crippen LogP contribution >= 0.6 is 0 Å². The van der Waals surface area contributed by atoms with Gasteiger partial charge in [0.2, 0.25) is 11.7 Å². The molecule has 2 aromatic rings. The number of ether oxygens (including phenoxy) is 3. The summed E-state index contributed by atoms with van der Waals surface area (Å²) in [5.41, 5.74) is 2.28. The van der Waals surface area contributed by atoms with E-state index in [0.717, 1.165) is 38.3 Å². The van der Waals surface area contributed by atoms with Crippen LogP contribution in [0.15, 0.2) is 36.7 Å². The van der Waals surface area contributed by atoms with Crippen LogP contribution in [0.1, 0.15) is 17.5 Å². The first-order chi connectivity index (χ1) is 14.1. The predicted octanol–water partition coefficient (Wildman–Crippen LogP) is 0.967. The minimum atomic E-state index is 0.196. The SMILES string of the molecule is COc1cc(CCC(=O)N2CC[NH+](Cc3ccncc3)CC2)cc(OC)c1OC. The standard InChI is InChI=1S/C22H29N3O4/c1-27-19-14-18(15-20(28-2)22(19)29-3)4-5-21(26)25-12-10-24(11-13-25)16-17-6-8-23-9-7-17/h6-9,14-15H,4-5,10-13,16H2,1-3H3/p+1. The summed E-state index contributed by atoms with van der Waals surface area (Å²) in [5.74, 6) is 1.99. The van der Waals surface area contributed by atoms with Crippen LogP contribution in [0, 0.1) is 0 Å². The van der Waals surface area contributed by atoms with E-state index in [-0.39, 0.29) is 5.91 Å². The molecule has 1 aliphatic rings. The minimum absolute atomic E-state index is 0.196. The van der Waals surface area contributed by atoms with E-state index in [4.69, 9.17) is 14.2 Å². The summed E-state index contributed by atoms with van der Waals surface area (Å²) in [4.78, 5) is 20.2. The van der Waals surface area contributed by atoms with Crippen LogP contribution in [0.5, 0.6) is 17.2 Å². The second-order valence-electron chi connectivity index (χ2n) is 7.20. The molecule has 0 radical (unpaired) electrons.